The zero-order chi connectivity index (χ0) is 16.9. The largest absolute Gasteiger partial charge is 0.416 e. The van der Waals surface area contributed by atoms with E-state index in [1.165, 1.54) is 12.1 Å². The molecule has 0 saturated carbocycles. The van der Waals surface area contributed by atoms with Crippen LogP contribution in [0.4, 0.5) is 13.2 Å². The average molecular weight is 319 g/mol. The highest BCUT2D eigenvalue weighted by atomic mass is 19.4. The minimum atomic E-state index is -4.31. The van der Waals surface area contributed by atoms with Crippen LogP contribution in [0.25, 0.3) is 5.57 Å². The van der Waals surface area contributed by atoms with Gasteiger partial charge in [-0.3, -0.25) is 0 Å². The number of benzene rings is 2. The number of hydrogen-bond donors (Lipinski definition) is 0. The molecular formula is C19H20F3N. The fourth-order valence-electron chi connectivity index (χ4n) is 2.33. The molecule has 0 unspecified atom stereocenters. The van der Waals surface area contributed by atoms with Crippen LogP contribution >= 0.6 is 0 Å². The summed E-state index contributed by atoms with van der Waals surface area (Å²) in [4.78, 5) is 2.08. The molecule has 0 fully saturated rings. The van der Waals surface area contributed by atoms with Crippen LogP contribution < -0.4 is 0 Å². The third kappa shape index (κ3) is 4.96. The fraction of sp³-hybridized carbons (Fsp3) is 0.263. The number of nitrogens with zero attached hydrogens (tertiary/aromatic N) is 1. The van der Waals surface area contributed by atoms with Crippen LogP contribution in [-0.2, 0) is 6.18 Å². The van der Waals surface area contributed by atoms with Gasteiger partial charge in [0.15, 0.2) is 0 Å². The van der Waals surface area contributed by atoms with E-state index in [0.717, 1.165) is 41.8 Å². The quantitative estimate of drug-likeness (QED) is 0.742. The van der Waals surface area contributed by atoms with Gasteiger partial charge >= 0.3 is 6.18 Å². The van der Waals surface area contributed by atoms with Crippen molar-refractivity contribution in [3.05, 3.63) is 77.4 Å². The summed E-state index contributed by atoms with van der Waals surface area (Å²) in [7, 11) is 3.99. The monoisotopic (exact) mass is 319 g/mol. The molecule has 0 spiro atoms. The first kappa shape index (κ1) is 17.3. The second kappa shape index (κ2) is 7.47. The molecule has 0 saturated heterocycles. The summed E-state index contributed by atoms with van der Waals surface area (Å²) >= 11 is 0. The van der Waals surface area contributed by atoms with E-state index in [2.05, 4.69) is 11.0 Å². The van der Waals surface area contributed by atoms with Crippen LogP contribution in [0.5, 0.6) is 0 Å². The number of alkyl halides is 3. The van der Waals surface area contributed by atoms with Crippen molar-refractivity contribution in [3.8, 4) is 0 Å². The Bertz CT molecular complexity index is 641. The lowest BCUT2D eigenvalue weighted by Gasteiger charge is -2.12. The van der Waals surface area contributed by atoms with E-state index in [-0.39, 0.29) is 0 Å². The zero-order valence-electron chi connectivity index (χ0n) is 13.3. The van der Waals surface area contributed by atoms with E-state index < -0.39 is 11.7 Å². The second-order valence-corrected chi connectivity index (χ2v) is 5.65. The van der Waals surface area contributed by atoms with Crippen LogP contribution in [0.15, 0.2) is 60.7 Å². The lowest BCUT2D eigenvalue weighted by Crippen LogP contribution is -2.12. The molecule has 0 aliphatic carbocycles. The molecule has 0 aliphatic rings. The van der Waals surface area contributed by atoms with Crippen molar-refractivity contribution in [2.75, 3.05) is 20.6 Å². The maximum Gasteiger partial charge on any atom is 0.416 e. The average Bonchev–Trinajstić information content (AvgIpc) is 2.51. The fourth-order valence-corrected chi connectivity index (χ4v) is 2.33. The van der Waals surface area contributed by atoms with Gasteiger partial charge in [0.05, 0.1) is 5.56 Å². The molecule has 0 bridgehead atoms. The van der Waals surface area contributed by atoms with Gasteiger partial charge in [0.25, 0.3) is 0 Å². The molecule has 0 atom stereocenters. The van der Waals surface area contributed by atoms with Crippen molar-refractivity contribution in [1.82, 2.24) is 4.90 Å². The minimum absolute atomic E-state index is 0.623. The maximum atomic E-state index is 12.7. The number of rotatable bonds is 5. The van der Waals surface area contributed by atoms with E-state index in [1.54, 1.807) is 0 Å². The summed E-state index contributed by atoms with van der Waals surface area (Å²) in [5, 5.41) is 0. The number of hydrogen-bond acceptors (Lipinski definition) is 1. The highest BCUT2D eigenvalue weighted by Gasteiger charge is 2.30. The SMILES string of the molecule is CN(C)CC/C=C(\c1ccccc1)c1ccc(C(F)(F)F)cc1. The summed E-state index contributed by atoms with van der Waals surface area (Å²) in [6.07, 6.45) is -1.39. The lowest BCUT2D eigenvalue weighted by atomic mass is 9.96. The van der Waals surface area contributed by atoms with E-state index in [1.807, 2.05) is 44.4 Å². The summed E-state index contributed by atoms with van der Waals surface area (Å²) in [6, 6.07) is 15.1. The highest BCUT2D eigenvalue weighted by molar-refractivity contribution is 5.79. The summed E-state index contributed by atoms with van der Waals surface area (Å²) in [5.41, 5.74) is 2.14. The highest BCUT2D eigenvalue weighted by Crippen LogP contribution is 2.31. The van der Waals surface area contributed by atoms with Gasteiger partial charge < -0.3 is 4.90 Å². The Morgan fingerprint density at radius 2 is 1.48 bits per heavy atom. The van der Waals surface area contributed by atoms with Crippen LogP contribution in [0.1, 0.15) is 23.1 Å². The predicted octanol–water partition coefficient (Wildman–Crippen LogP) is 5.09. The van der Waals surface area contributed by atoms with E-state index in [9.17, 15) is 13.2 Å². The maximum absolute atomic E-state index is 12.7. The van der Waals surface area contributed by atoms with E-state index in [0.29, 0.717) is 0 Å². The molecule has 122 valence electrons. The molecule has 4 heteroatoms. The molecule has 0 amide bonds. The van der Waals surface area contributed by atoms with Gasteiger partial charge in [-0.05, 0) is 49.3 Å². The first-order valence-electron chi connectivity index (χ1n) is 7.46. The third-order valence-corrected chi connectivity index (χ3v) is 3.53. The van der Waals surface area contributed by atoms with Crippen LogP contribution in [0.2, 0.25) is 0 Å². The molecule has 23 heavy (non-hydrogen) atoms. The van der Waals surface area contributed by atoms with Gasteiger partial charge in [-0.25, -0.2) is 0 Å². The Morgan fingerprint density at radius 1 is 0.913 bits per heavy atom. The molecule has 0 N–H and O–H groups in total. The van der Waals surface area contributed by atoms with Crippen molar-refractivity contribution in [1.29, 1.82) is 0 Å². The first-order valence-corrected chi connectivity index (χ1v) is 7.46. The smallest absolute Gasteiger partial charge is 0.309 e. The van der Waals surface area contributed by atoms with Crippen molar-refractivity contribution in [3.63, 3.8) is 0 Å². The molecule has 0 aliphatic heterocycles. The van der Waals surface area contributed by atoms with E-state index >= 15 is 0 Å². The molecule has 0 aromatic heterocycles. The summed E-state index contributed by atoms with van der Waals surface area (Å²) in [6.45, 7) is 0.886. The van der Waals surface area contributed by atoms with Gasteiger partial charge in [-0.2, -0.15) is 13.2 Å². The molecule has 2 aromatic rings. The first-order chi connectivity index (χ1) is 10.9. The summed E-state index contributed by atoms with van der Waals surface area (Å²) < 4.78 is 38.1. The van der Waals surface area contributed by atoms with Gasteiger partial charge in [-0.15, -0.1) is 0 Å². The molecule has 1 nitrogen and oxygen atoms in total. The lowest BCUT2D eigenvalue weighted by molar-refractivity contribution is -0.137. The minimum Gasteiger partial charge on any atom is -0.309 e. The Labute approximate surface area is 135 Å². The predicted molar refractivity (Wildman–Crippen MR) is 88.1 cm³/mol. The molecule has 0 radical (unpaired) electrons. The summed E-state index contributed by atoms with van der Waals surface area (Å²) in [5.74, 6) is 0. The van der Waals surface area contributed by atoms with Gasteiger partial charge in [0.1, 0.15) is 0 Å². The van der Waals surface area contributed by atoms with Crippen molar-refractivity contribution in [2.24, 2.45) is 0 Å². The third-order valence-electron chi connectivity index (χ3n) is 3.53. The normalized spacial score (nSPS) is 12.7. The van der Waals surface area contributed by atoms with Crippen molar-refractivity contribution < 1.29 is 13.2 Å². The number of halogens is 3. The second-order valence-electron chi connectivity index (χ2n) is 5.65. The van der Waals surface area contributed by atoms with Crippen molar-refractivity contribution in [2.45, 2.75) is 12.6 Å². The molecular weight excluding hydrogens is 299 g/mol. The Kier molecular flexibility index (Phi) is 5.61. The Balaban J connectivity index is 2.34. The van der Waals surface area contributed by atoms with Crippen LogP contribution in [-0.4, -0.2) is 25.5 Å². The Morgan fingerprint density at radius 3 is 2.00 bits per heavy atom. The Hall–Kier alpha value is -2.07. The van der Waals surface area contributed by atoms with Gasteiger partial charge in [0, 0.05) is 6.54 Å². The molecule has 0 heterocycles. The van der Waals surface area contributed by atoms with Crippen LogP contribution in [0.3, 0.4) is 0 Å². The molecule has 2 rings (SSSR count). The van der Waals surface area contributed by atoms with Crippen molar-refractivity contribution >= 4 is 5.57 Å². The van der Waals surface area contributed by atoms with Gasteiger partial charge in [0.2, 0.25) is 0 Å². The topological polar surface area (TPSA) is 3.24 Å². The molecule has 2 aromatic carbocycles. The zero-order valence-corrected chi connectivity index (χ0v) is 13.3. The van der Waals surface area contributed by atoms with Crippen LogP contribution in [0, 0.1) is 0 Å². The van der Waals surface area contributed by atoms with E-state index in [4.69, 9.17) is 0 Å². The standard InChI is InChI=1S/C19H20F3N/c1-23(2)14-6-9-18(15-7-4-3-5-8-15)16-10-12-17(13-11-16)19(20,21)22/h3-5,7-13H,6,14H2,1-2H3/b18-9+. The van der Waals surface area contributed by atoms with Gasteiger partial charge in [-0.1, -0.05) is 48.5 Å².